The molecule has 28 heavy (non-hydrogen) atoms. The van der Waals surface area contributed by atoms with Crippen LogP contribution in [0.1, 0.15) is 58.3 Å². The van der Waals surface area contributed by atoms with E-state index in [1.54, 1.807) is 0 Å². The predicted molar refractivity (Wildman–Crippen MR) is 132 cm³/mol. The van der Waals surface area contributed by atoms with Crippen molar-refractivity contribution in [1.29, 1.82) is 0 Å². The van der Waals surface area contributed by atoms with Crippen LogP contribution in [-0.2, 0) is 0 Å². The van der Waals surface area contributed by atoms with E-state index < -0.39 is 0 Å². The van der Waals surface area contributed by atoms with Crippen molar-refractivity contribution in [1.82, 2.24) is 20.4 Å². The number of nitrogens with one attached hydrogen (secondary N) is 2. The van der Waals surface area contributed by atoms with Crippen LogP contribution in [0.25, 0.3) is 0 Å². The second-order valence-corrected chi connectivity index (χ2v) is 10.4. The molecule has 0 aromatic heterocycles. The zero-order valence-corrected chi connectivity index (χ0v) is 20.9. The fourth-order valence-electron chi connectivity index (χ4n) is 5.56. The van der Waals surface area contributed by atoms with Gasteiger partial charge in [-0.25, -0.2) is 0 Å². The number of thioether (sulfide) groups is 1. The van der Waals surface area contributed by atoms with E-state index in [9.17, 15) is 0 Å². The molecule has 4 rings (SSSR count). The van der Waals surface area contributed by atoms with Crippen LogP contribution in [0.3, 0.4) is 0 Å². The summed E-state index contributed by atoms with van der Waals surface area (Å²) in [5.41, 5.74) is 0.347. The average Bonchev–Trinajstić information content (AvgIpc) is 3.49. The molecule has 2 atom stereocenters. The molecule has 4 fully saturated rings. The fourth-order valence-corrected chi connectivity index (χ4v) is 6.47. The average molecular weight is 522 g/mol. The van der Waals surface area contributed by atoms with Gasteiger partial charge in [-0.3, -0.25) is 14.8 Å². The van der Waals surface area contributed by atoms with Gasteiger partial charge in [-0.05, 0) is 39.0 Å². The molecule has 0 aromatic carbocycles. The largest absolute Gasteiger partial charge is 0.355 e. The summed E-state index contributed by atoms with van der Waals surface area (Å²) in [6, 6.07) is 2.12. The van der Waals surface area contributed by atoms with E-state index in [0.717, 1.165) is 18.5 Å². The molecule has 2 saturated heterocycles. The lowest BCUT2D eigenvalue weighted by Gasteiger charge is -2.48. The van der Waals surface area contributed by atoms with Gasteiger partial charge in [0.25, 0.3) is 0 Å². The summed E-state index contributed by atoms with van der Waals surface area (Å²) in [4.78, 5) is 10.1. The summed E-state index contributed by atoms with van der Waals surface area (Å²) in [7, 11) is 1.93. The van der Waals surface area contributed by atoms with Crippen LogP contribution in [0, 0.1) is 0 Å². The Labute approximate surface area is 193 Å². The second kappa shape index (κ2) is 10.5. The zero-order valence-electron chi connectivity index (χ0n) is 17.8. The van der Waals surface area contributed by atoms with E-state index in [1.165, 1.54) is 82.5 Å². The Kier molecular flexibility index (Phi) is 8.63. The molecule has 0 aromatic rings. The normalized spacial score (nSPS) is 32.0. The highest BCUT2D eigenvalue weighted by atomic mass is 127. The summed E-state index contributed by atoms with van der Waals surface area (Å²) in [6.45, 7) is 7.14. The third-order valence-corrected chi connectivity index (χ3v) is 8.20. The van der Waals surface area contributed by atoms with Crippen LogP contribution in [0.5, 0.6) is 0 Å². The minimum absolute atomic E-state index is 0. The minimum Gasteiger partial charge on any atom is -0.355 e. The van der Waals surface area contributed by atoms with Crippen LogP contribution in [0.15, 0.2) is 4.99 Å². The summed E-state index contributed by atoms with van der Waals surface area (Å²) in [6.07, 6.45) is 10.9. The topological polar surface area (TPSA) is 42.9 Å². The molecule has 2 unspecified atom stereocenters. The van der Waals surface area contributed by atoms with E-state index in [0.29, 0.717) is 17.6 Å². The van der Waals surface area contributed by atoms with Crippen molar-refractivity contribution >= 4 is 41.7 Å². The molecular weight excluding hydrogens is 481 g/mol. The Hall–Kier alpha value is 0.270. The number of rotatable bonds is 5. The Balaban J connectivity index is 0.00000225. The molecule has 2 N–H and O–H groups in total. The van der Waals surface area contributed by atoms with Gasteiger partial charge in [0, 0.05) is 68.4 Å². The Morgan fingerprint density at radius 1 is 1.14 bits per heavy atom. The fraction of sp³-hybridized carbons (Fsp3) is 0.952. The zero-order chi connectivity index (χ0) is 18.7. The summed E-state index contributed by atoms with van der Waals surface area (Å²) >= 11 is 2.12. The van der Waals surface area contributed by atoms with Gasteiger partial charge in [-0.1, -0.05) is 19.3 Å². The molecule has 2 aliphatic heterocycles. The first-order valence-electron chi connectivity index (χ1n) is 11.3. The van der Waals surface area contributed by atoms with Crippen molar-refractivity contribution in [3.05, 3.63) is 0 Å². The van der Waals surface area contributed by atoms with E-state index in [4.69, 9.17) is 0 Å². The molecular formula is C21H40IN5S. The van der Waals surface area contributed by atoms with Crippen molar-refractivity contribution in [2.75, 3.05) is 44.7 Å². The molecule has 162 valence electrons. The van der Waals surface area contributed by atoms with E-state index in [-0.39, 0.29) is 24.0 Å². The smallest absolute Gasteiger partial charge is 0.191 e. The number of hydrogen-bond donors (Lipinski definition) is 2. The second-order valence-electron chi connectivity index (χ2n) is 9.16. The van der Waals surface area contributed by atoms with Crippen molar-refractivity contribution in [2.45, 2.75) is 82.0 Å². The highest BCUT2D eigenvalue weighted by Gasteiger charge is 2.40. The molecule has 2 aliphatic carbocycles. The molecule has 2 saturated carbocycles. The maximum absolute atomic E-state index is 4.58. The monoisotopic (exact) mass is 521 g/mol. The van der Waals surface area contributed by atoms with Crippen LogP contribution < -0.4 is 10.6 Å². The number of aliphatic imine (C=N–C) groups is 1. The molecule has 7 heteroatoms. The Bertz CT molecular complexity index is 515. The lowest BCUT2D eigenvalue weighted by atomic mass is 9.80. The molecule has 5 nitrogen and oxygen atoms in total. The number of likely N-dealkylation sites (tertiary alicyclic amines) is 1. The van der Waals surface area contributed by atoms with Crippen LogP contribution in [0.2, 0.25) is 0 Å². The molecule has 2 heterocycles. The van der Waals surface area contributed by atoms with E-state index in [2.05, 4.69) is 44.1 Å². The third kappa shape index (κ3) is 5.49. The summed E-state index contributed by atoms with van der Waals surface area (Å²) < 4.78 is 0. The van der Waals surface area contributed by atoms with Crippen LogP contribution in [0.4, 0.5) is 0 Å². The highest BCUT2D eigenvalue weighted by Crippen LogP contribution is 2.35. The highest BCUT2D eigenvalue weighted by molar-refractivity contribution is 14.0. The van der Waals surface area contributed by atoms with Gasteiger partial charge in [0.15, 0.2) is 5.96 Å². The van der Waals surface area contributed by atoms with Gasteiger partial charge < -0.3 is 10.6 Å². The summed E-state index contributed by atoms with van der Waals surface area (Å²) in [5, 5.41) is 7.49. The molecule has 0 spiro atoms. The molecule has 4 aliphatic rings. The minimum atomic E-state index is 0. The van der Waals surface area contributed by atoms with Crippen molar-refractivity contribution in [2.24, 2.45) is 4.99 Å². The van der Waals surface area contributed by atoms with Gasteiger partial charge >= 0.3 is 0 Å². The maximum atomic E-state index is 4.58. The third-order valence-electron chi connectivity index (χ3n) is 7.25. The van der Waals surface area contributed by atoms with Gasteiger partial charge in [-0.2, -0.15) is 11.8 Å². The van der Waals surface area contributed by atoms with Crippen molar-refractivity contribution in [3.63, 3.8) is 0 Å². The maximum Gasteiger partial charge on any atom is 0.191 e. The van der Waals surface area contributed by atoms with Crippen molar-refractivity contribution in [3.8, 4) is 0 Å². The van der Waals surface area contributed by atoms with Crippen LogP contribution in [-0.4, -0.2) is 84.2 Å². The Morgan fingerprint density at radius 2 is 1.86 bits per heavy atom. The number of guanidine groups is 1. The van der Waals surface area contributed by atoms with Gasteiger partial charge in [0.2, 0.25) is 0 Å². The predicted octanol–water partition coefficient (Wildman–Crippen LogP) is 3.15. The SMILES string of the molecule is CN=C(NCC1(N2CCSCC2)CCCCC1)NC1CC(C)N(C2CC2)C1.I. The molecule has 0 amide bonds. The van der Waals surface area contributed by atoms with Gasteiger partial charge in [0.1, 0.15) is 0 Å². The quantitative estimate of drug-likeness (QED) is 0.331. The first-order valence-corrected chi connectivity index (χ1v) is 12.4. The Morgan fingerprint density at radius 3 is 2.50 bits per heavy atom. The first kappa shape index (κ1) is 22.9. The first-order chi connectivity index (χ1) is 13.2. The van der Waals surface area contributed by atoms with Crippen molar-refractivity contribution < 1.29 is 0 Å². The lowest BCUT2D eigenvalue weighted by molar-refractivity contribution is 0.0625. The van der Waals surface area contributed by atoms with Gasteiger partial charge in [0.05, 0.1) is 0 Å². The molecule has 0 bridgehead atoms. The van der Waals surface area contributed by atoms with Crippen LogP contribution >= 0.6 is 35.7 Å². The molecule has 0 radical (unpaired) electrons. The standard InChI is InChI=1S/C21H39N5S.HI/c1-17-14-18(15-26(17)19-6-7-19)24-20(22-2)23-16-21(8-4-3-5-9-21)25-10-12-27-13-11-25;/h17-19H,3-16H2,1-2H3,(H2,22,23,24);1H. The number of hydrogen-bond acceptors (Lipinski definition) is 4. The number of halogens is 1. The van der Waals surface area contributed by atoms with E-state index in [1.807, 2.05) is 7.05 Å². The summed E-state index contributed by atoms with van der Waals surface area (Å²) in [5.74, 6) is 3.61. The van der Waals surface area contributed by atoms with E-state index >= 15 is 0 Å². The van der Waals surface area contributed by atoms with Gasteiger partial charge in [-0.15, -0.1) is 24.0 Å². The lowest BCUT2D eigenvalue weighted by Crippen LogP contribution is -2.60. The number of nitrogens with zero attached hydrogens (tertiary/aromatic N) is 3.